The number of esters is 1. The molecule has 0 unspecified atom stereocenters. The van der Waals surface area contributed by atoms with Gasteiger partial charge in [0.2, 0.25) is 11.8 Å². The molecule has 5 nitrogen and oxygen atoms in total. The molecule has 1 aromatic heterocycles. The van der Waals surface area contributed by atoms with Crippen molar-refractivity contribution in [2.75, 3.05) is 0 Å². The average Bonchev–Trinajstić information content (AvgIpc) is 3.10. The number of hydrogen-bond acceptors (Lipinski definition) is 5. The minimum absolute atomic E-state index is 0.0276. The number of ether oxygens (including phenoxy) is 2. The Morgan fingerprint density at radius 2 is 1.71 bits per heavy atom. The smallest absolute Gasteiger partial charge is 0.416 e. The monoisotopic (exact) mass is 444 g/mol. The number of benzene rings is 2. The van der Waals surface area contributed by atoms with Crippen LogP contribution in [0.3, 0.4) is 0 Å². The van der Waals surface area contributed by atoms with Gasteiger partial charge in [0, 0.05) is 11.2 Å². The molecule has 3 aromatic rings. The summed E-state index contributed by atoms with van der Waals surface area (Å²) in [4.78, 5) is 20.6. The number of alkyl halides is 3. The highest BCUT2D eigenvalue weighted by molar-refractivity contribution is 6.30. The first-order chi connectivity index (χ1) is 14.8. The second-order valence-electron chi connectivity index (χ2n) is 6.37. The molecular weight excluding hydrogens is 433 g/mol. The molecule has 0 bridgehead atoms. The Morgan fingerprint density at radius 1 is 1.00 bits per heavy atom. The third-order valence-corrected chi connectivity index (χ3v) is 4.44. The summed E-state index contributed by atoms with van der Waals surface area (Å²) in [6.07, 6.45) is -1.60. The largest absolute Gasteiger partial charge is 0.438 e. The van der Waals surface area contributed by atoms with E-state index in [2.05, 4.69) is 9.98 Å². The van der Waals surface area contributed by atoms with Gasteiger partial charge in [-0.05, 0) is 60.2 Å². The van der Waals surface area contributed by atoms with Crippen LogP contribution < -0.4 is 4.74 Å². The molecule has 2 heterocycles. The second kappa shape index (κ2) is 8.23. The number of carbonyl (C=O) groups is 1. The van der Waals surface area contributed by atoms with Crippen LogP contribution in [0.1, 0.15) is 16.7 Å². The quantitative estimate of drug-likeness (QED) is 0.372. The van der Waals surface area contributed by atoms with Crippen LogP contribution in [0.2, 0.25) is 5.02 Å². The molecule has 0 N–H and O–H groups in total. The Bertz CT molecular complexity index is 1190. The van der Waals surface area contributed by atoms with Gasteiger partial charge in [0.25, 0.3) is 0 Å². The van der Waals surface area contributed by atoms with Crippen molar-refractivity contribution in [2.24, 2.45) is 4.99 Å². The topological polar surface area (TPSA) is 60.8 Å². The maximum atomic E-state index is 12.7. The Hall–Kier alpha value is -3.65. The molecule has 0 fully saturated rings. The first kappa shape index (κ1) is 20.6. The fraction of sp³-hybridized carbons (Fsp3) is 0.0455. The standard InChI is InChI=1S/C22H12ClF3N2O3/c23-15-7-9-16(10-8-15)30-19-17(2-1-11-27-19)20-28-18(21(29)31-20)12-13-3-5-14(6-4-13)22(24,25)26/h1-12H/b18-12-. The highest BCUT2D eigenvalue weighted by atomic mass is 35.5. The molecule has 0 atom stereocenters. The van der Waals surface area contributed by atoms with Crippen LogP contribution in [0, 0.1) is 0 Å². The van der Waals surface area contributed by atoms with Gasteiger partial charge in [-0.3, -0.25) is 0 Å². The average molecular weight is 445 g/mol. The number of rotatable bonds is 4. The van der Waals surface area contributed by atoms with E-state index >= 15 is 0 Å². The lowest BCUT2D eigenvalue weighted by molar-refractivity contribution is -0.137. The maximum absolute atomic E-state index is 12.7. The van der Waals surface area contributed by atoms with Crippen LogP contribution in [0.4, 0.5) is 13.2 Å². The summed E-state index contributed by atoms with van der Waals surface area (Å²) < 4.78 is 49.1. The molecule has 2 aromatic carbocycles. The molecule has 0 radical (unpaired) electrons. The van der Waals surface area contributed by atoms with E-state index in [1.54, 1.807) is 36.4 Å². The normalized spacial score (nSPS) is 15.0. The van der Waals surface area contributed by atoms with Gasteiger partial charge in [-0.2, -0.15) is 13.2 Å². The van der Waals surface area contributed by atoms with Crippen molar-refractivity contribution in [3.8, 4) is 11.6 Å². The molecule has 0 amide bonds. The summed E-state index contributed by atoms with van der Waals surface area (Å²) in [5, 5.41) is 0.542. The lowest BCUT2D eigenvalue weighted by Crippen LogP contribution is -2.07. The van der Waals surface area contributed by atoms with Crippen molar-refractivity contribution in [1.82, 2.24) is 4.98 Å². The summed E-state index contributed by atoms with van der Waals surface area (Å²) in [5.41, 5.74) is -0.140. The molecular formula is C22H12ClF3N2O3. The van der Waals surface area contributed by atoms with Crippen LogP contribution in [0.25, 0.3) is 6.08 Å². The van der Waals surface area contributed by atoms with Crippen LogP contribution in [0.5, 0.6) is 11.6 Å². The molecule has 0 spiro atoms. The summed E-state index contributed by atoms with van der Waals surface area (Å²) in [5.74, 6) is -0.140. The Kier molecular flexibility index (Phi) is 5.48. The van der Waals surface area contributed by atoms with Gasteiger partial charge in [-0.15, -0.1) is 0 Å². The molecule has 9 heteroatoms. The molecule has 1 aliphatic rings. The third kappa shape index (κ3) is 4.75. The molecule has 1 aliphatic heterocycles. The SMILES string of the molecule is O=C1OC(c2cccnc2Oc2ccc(Cl)cc2)=N/C1=C\c1ccc(C(F)(F)F)cc1. The fourth-order valence-corrected chi connectivity index (χ4v) is 2.83. The number of aromatic nitrogens is 1. The van der Waals surface area contributed by atoms with Gasteiger partial charge >= 0.3 is 12.1 Å². The summed E-state index contributed by atoms with van der Waals surface area (Å²) >= 11 is 5.87. The van der Waals surface area contributed by atoms with E-state index in [1.807, 2.05) is 0 Å². The van der Waals surface area contributed by atoms with E-state index in [0.29, 0.717) is 21.9 Å². The van der Waals surface area contributed by atoms with Gasteiger partial charge < -0.3 is 9.47 Å². The summed E-state index contributed by atoms with van der Waals surface area (Å²) in [7, 11) is 0. The number of nitrogens with zero attached hydrogens (tertiary/aromatic N) is 2. The number of pyridine rings is 1. The van der Waals surface area contributed by atoms with Gasteiger partial charge in [-0.25, -0.2) is 14.8 Å². The number of aliphatic imine (C=N–C) groups is 1. The van der Waals surface area contributed by atoms with Crippen LogP contribution in [-0.4, -0.2) is 16.9 Å². The first-order valence-corrected chi connectivity index (χ1v) is 9.26. The van der Waals surface area contributed by atoms with Crippen molar-refractivity contribution in [1.29, 1.82) is 0 Å². The zero-order valence-corrected chi connectivity index (χ0v) is 16.3. The molecule has 0 saturated heterocycles. The third-order valence-electron chi connectivity index (χ3n) is 4.19. The van der Waals surface area contributed by atoms with Crippen LogP contribution >= 0.6 is 11.6 Å². The minimum atomic E-state index is -4.44. The van der Waals surface area contributed by atoms with Gasteiger partial charge in [0.05, 0.1) is 11.1 Å². The first-order valence-electron chi connectivity index (χ1n) is 8.88. The van der Waals surface area contributed by atoms with Crippen LogP contribution in [0.15, 0.2) is 77.5 Å². The number of cyclic esters (lactones) is 1. The summed E-state index contributed by atoms with van der Waals surface area (Å²) in [6.45, 7) is 0. The zero-order valence-electron chi connectivity index (χ0n) is 15.6. The predicted molar refractivity (Wildman–Crippen MR) is 108 cm³/mol. The van der Waals surface area contributed by atoms with Crippen molar-refractivity contribution in [3.05, 3.63) is 94.3 Å². The van der Waals surface area contributed by atoms with Crippen molar-refractivity contribution in [3.63, 3.8) is 0 Å². The van der Waals surface area contributed by atoms with Crippen molar-refractivity contribution < 1.29 is 27.4 Å². The molecule has 4 rings (SSSR count). The predicted octanol–water partition coefficient (Wildman–Crippen LogP) is 5.89. The molecule has 156 valence electrons. The van der Waals surface area contributed by atoms with E-state index in [-0.39, 0.29) is 17.5 Å². The van der Waals surface area contributed by atoms with E-state index in [0.717, 1.165) is 12.1 Å². The number of carbonyl (C=O) groups excluding carboxylic acids is 1. The van der Waals surface area contributed by atoms with E-state index in [4.69, 9.17) is 21.1 Å². The Balaban J connectivity index is 1.61. The zero-order chi connectivity index (χ0) is 22.0. The van der Waals surface area contributed by atoms with E-state index in [1.165, 1.54) is 24.4 Å². The molecule has 31 heavy (non-hydrogen) atoms. The number of halogens is 4. The maximum Gasteiger partial charge on any atom is 0.416 e. The van der Waals surface area contributed by atoms with E-state index < -0.39 is 17.7 Å². The Morgan fingerprint density at radius 3 is 2.39 bits per heavy atom. The minimum Gasteiger partial charge on any atom is -0.438 e. The van der Waals surface area contributed by atoms with E-state index in [9.17, 15) is 18.0 Å². The van der Waals surface area contributed by atoms with Gasteiger partial charge in [0.1, 0.15) is 5.75 Å². The summed E-state index contributed by atoms with van der Waals surface area (Å²) in [6, 6.07) is 14.2. The fourth-order valence-electron chi connectivity index (χ4n) is 2.70. The lowest BCUT2D eigenvalue weighted by atomic mass is 10.1. The highest BCUT2D eigenvalue weighted by Crippen LogP contribution is 2.30. The van der Waals surface area contributed by atoms with Crippen LogP contribution in [-0.2, 0) is 15.7 Å². The second-order valence-corrected chi connectivity index (χ2v) is 6.80. The van der Waals surface area contributed by atoms with Gasteiger partial charge in [0.15, 0.2) is 5.70 Å². The molecule has 0 saturated carbocycles. The number of hydrogen-bond donors (Lipinski definition) is 0. The molecule has 0 aliphatic carbocycles. The highest BCUT2D eigenvalue weighted by Gasteiger charge is 2.30. The Labute approximate surface area is 179 Å². The lowest BCUT2D eigenvalue weighted by Gasteiger charge is -2.08. The van der Waals surface area contributed by atoms with Gasteiger partial charge in [-0.1, -0.05) is 23.7 Å². The van der Waals surface area contributed by atoms with Crippen molar-refractivity contribution in [2.45, 2.75) is 6.18 Å². The van der Waals surface area contributed by atoms with Crippen molar-refractivity contribution >= 4 is 29.5 Å².